The first-order chi connectivity index (χ1) is 13.7. The summed E-state index contributed by atoms with van der Waals surface area (Å²) in [6.45, 7) is 11.3. The molecule has 1 heterocycles. The number of carbonyl (C=O) groups excluding carboxylic acids is 1. The van der Waals surface area contributed by atoms with Gasteiger partial charge < -0.3 is 10.1 Å². The number of rotatable bonds is 9. The van der Waals surface area contributed by atoms with E-state index < -0.39 is 10.0 Å². The van der Waals surface area contributed by atoms with Crippen molar-refractivity contribution < 1.29 is 17.9 Å². The molecule has 2 atom stereocenters. The van der Waals surface area contributed by atoms with E-state index in [1.54, 1.807) is 26.0 Å². The van der Waals surface area contributed by atoms with Gasteiger partial charge in [-0.3, -0.25) is 9.69 Å². The second kappa shape index (κ2) is 10.4. The Kier molecular flexibility index (Phi) is 8.48. The van der Waals surface area contributed by atoms with Gasteiger partial charge in [-0.05, 0) is 50.4 Å². The highest BCUT2D eigenvalue weighted by Crippen LogP contribution is 2.28. The number of benzene rings is 1. The monoisotopic (exact) mass is 425 g/mol. The minimum absolute atomic E-state index is 0.0225. The normalized spacial score (nSPS) is 19.2. The summed E-state index contributed by atoms with van der Waals surface area (Å²) in [4.78, 5) is 15.1. The van der Waals surface area contributed by atoms with Crippen LogP contribution in [0.15, 0.2) is 23.1 Å². The molecule has 1 aromatic rings. The second-order valence-electron chi connectivity index (χ2n) is 7.76. The molecule has 1 N–H and O–H groups in total. The van der Waals surface area contributed by atoms with E-state index in [1.165, 1.54) is 30.3 Å². The number of piperidine rings is 1. The van der Waals surface area contributed by atoms with Gasteiger partial charge in [0.15, 0.2) is 0 Å². The van der Waals surface area contributed by atoms with E-state index in [0.717, 1.165) is 13.1 Å². The van der Waals surface area contributed by atoms with Gasteiger partial charge in [-0.25, -0.2) is 8.42 Å². The third kappa shape index (κ3) is 5.71. The molecule has 2 unspecified atom stereocenters. The van der Waals surface area contributed by atoms with Gasteiger partial charge in [-0.15, -0.1) is 0 Å². The van der Waals surface area contributed by atoms with Crippen LogP contribution >= 0.6 is 0 Å². The topological polar surface area (TPSA) is 79.0 Å². The van der Waals surface area contributed by atoms with E-state index in [1.807, 2.05) is 0 Å². The van der Waals surface area contributed by atoms with Crippen molar-refractivity contribution in [1.82, 2.24) is 14.5 Å². The maximum absolute atomic E-state index is 13.0. The molecule has 164 valence electrons. The fraction of sp³-hybridized carbons (Fsp3) is 0.667. The van der Waals surface area contributed by atoms with Crippen LogP contribution in [-0.2, 0) is 10.0 Å². The summed E-state index contributed by atoms with van der Waals surface area (Å²) in [7, 11) is -2.31. The zero-order chi connectivity index (χ0) is 21.6. The molecular formula is C21H35N3O4S. The van der Waals surface area contributed by atoms with Crippen LogP contribution in [-0.4, -0.2) is 69.4 Å². The molecule has 29 heavy (non-hydrogen) atoms. The molecule has 0 saturated carbocycles. The smallest absolute Gasteiger partial charge is 0.251 e. The van der Waals surface area contributed by atoms with E-state index in [2.05, 4.69) is 24.1 Å². The van der Waals surface area contributed by atoms with Gasteiger partial charge in [0.25, 0.3) is 5.91 Å². The van der Waals surface area contributed by atoms with Gasteiger partial charge >= 0.3 is 0 Å². The average Bonchev–Trinajstić information content (AvgIpc) is 2.71. The molecule has 1 aliphatic heterocycles. The molecule has 1 fully saturated rings. The predicted octanol–water partition coefficient (Wildman–Crippen LogP) is 2.58. The summed E-state index contributed by atoms with van der Waals surface area (Å²) < 4.78 is 32.5. The molecule has 1 saturated heterocycles. The lowest BCUT2D eigenvalue weighted by Crippen LogP contribution is -2.46. The number of hydrogen-bond acceptors (Lipinski definition) is 5. The molecular weight excluding hydrogens is 390 g/mol. The van der Waals surface area contributed by atoms with E-state index in [0.29, 0.717) is 31.1 Å². The highest BCUT2D eigenvalue weighted by atomic mass is 32.2. The Morgan fingerprint density at radius 1 is 1.34 bits per heavy atom. The molecule has 8 heteroatoms. The fourth-order valence-electron chi connectivity index (χ4n) is 3.82. The van der Waals surface area contributed by atoms with Crippen molar-refractivity contribution in [1.29, 1.82) is 0 Å². The number of likely N-dealkylation sites (tertiary alicyclic amines) is 1. The summed E-state index contributed by atoms with van der Waals surface area (Å²) in [5.74, 6) is 0.640. The number of carbonyl (C=O) groups is 1. The van der Waals surface area contributed by atoms with Crippen molar-refractivity contribution in [3.05, 3.63) is 23.8 Å². The molecule has 1 aromatic carbocycles. The first kappa shape index (κ1) is 23.6. The molecule has 7 nitrogen and oxygen atoms in total. The fourth-order valence-corrected chi connectivity index (χ4v) is 5.46. The Labute approximate surface area is 175 Å². The minimum atomic E-state index is -3.73. The third-order valence-corrected chi connectivity index (χ3v) is 7.69. The number of sulfonamides is 1. The summed E-state index contributed by atoms with van der Waals surface area (Å²) >= 11 is 0. The molecule has 1 amide bonds. The third-order valence-electron chi connectivity index (χ3n) is 5.62. The van der Waals surface area contributed by atoms with Crippen molar-refractivity contribution in [3.63, 3.8) is 0 Å². The Hall–Kier alpha value is -1.64. The van der Waals surface area contributed by atoms with Crippen LogP contribution in [0.2, 0.25) is 0 Å². The minimum Gasteiger partial charge on any atom is -0.495 e. The lowest BCUT2D eigenvalue weighted by atomic mass is 9.99. The van der Waals surface area contributed by atoms with Gasteiger partial charge in [0.2, 0.25) is 10.0 Å². The highest BCUT2D eigenvalue weighted by Gasteiger charge is 2.27. The van der Waals surface area contributed by atoms with Crippen molar-refractivity contribution in [2.45, 2.75) is 51.5 Å². The maximum Gasteiger partial charge on any atom is 0.251 e. The maximum atomic E-state index is 13.0. The quantitative estimate of drug-likeness (QED) is 0.658. The number of nitrogens with one attached hydrogen (secondary N) is 1. The molecule has 0 aliphatic carbocycles. The van der Waals surface area contributed by atoms with Crippen molar-refractivity contribution in [3.8, 4) is 5.75 Å². The Morgan fingerprint density at radius 3 is 2.62 bits per heavy atom. The van der Waals surface area contributed by atoms with Crippen molar-refractivity contribution in [2.75, 3.05) is 39.8 Å². The number of nitrogens with zero attached hydrogens (tertiary/aromatic N) is 2. The van der Waals surface area contributed by atoms with Crippen LogP contribution < -0.4 is 10.1 Å². The molecule has 2 rings (SSSR count). The standard InChI is InChI=1S/C21H35N3O4S/c1-6-24(7-2)29(26,27)20-13-18(10-11-19(20)28-5)21(25)22-14-17(4)23-12-8-9-16(3)15-23/h10-11,13,16-17H,6-9,12,14-15H2,1-5H3,(H,22,25). The summed E-state index contributed by atoms with van der Waals surface area (Å²) in [6.07, 6.45) is 2.44. The van der Waals surface area contributed by atoms with Crippen molar-refractivity contribution >= 4 is 15.9 Å². The van der Waals surface area contributed by atoms with Crippen LogP contribution in [0.25, 0.3) is 0 Å². The first-order valence-corrected chi connectivity index (χ1v) is 11.9. The predicted molar refractivity (Wildman–Crippen MR) is 115 cm³/mol. The molecule has 0 bridgehead atoms. The van der Waals surface area contributed by atoms with E-state index in [-0.39, 0.29) is 22.6 Å². The highest BCUT2D eigenvalue weighted by molar-refractivity contribution is 7.89. The lowest BCUT2D eigenvalue weighted by molar-refractivity contribution is 0.0917. The summed E-state index contributed by atoms with van der Waals surface area (Å²) in [5.41, 5.74) is 0.316. The summed E-state index contributed by atoms with van der Waals surface area (Å²) in [5, 5.41) is 2.95. The SMILES string of the molecule is CCN(CC)S(=O)(=O)c1cc(C(=O)NCC(C)N2CCCC(C)C2)ccc1OC. The Bertz CT molecular complexity index is 793. The van der Waals surface area contributed by atoms with Gasteiger partial charge in [0.05, 0.1) is 7.11 Å². The Morgan fingerprint density at radius 2 is 2.03 bits per heavy atom. The number of amides is 1. The van der Waals surface area contributed by atoms with E-state index in [4.69, 9.17) is 4.74 Å². The zero-order valence-corrected chi connectivity index (χ0v) is 19.1. The summed E-state index contributed by atoms with van der Waals surface area (Å²) in [6, 6.07) is 4.79. The van der Waals surface area contributed by atoms with Crippen LogP contribution in [0.5, 0.6) is 5.75 Å². The van der Waals surface area contributed by atoms with Crippen LogP contribution in [0.3, 0.4) is 0 Å². The number of methoxy groups -OCH3 is 1. The molecule has 1 aliphatic rings. The van der Waals surface area contributed by atoms with E-state index >= 15 is 0 Å². The largest absolute Gasteiger partial charge is 0.495 e. The van der Waals surface area contributed by atoms with Crippen LogP contribution in [0.1, 0.15) is 50.9 Å². The van der Waals surface area contributed by atoms with Gasteiger partial charge in [-0.2, -0.15) is 4.31 Å². The number of hydrogen-bond donors (Lipinski definition) is 1. The van der Waals surface area contributed by atoms with Crippen LogP contribution in [0.4, 0.5) is 0 Å². The van der Waals surface area contributed by atoms with Gasteiger partial charge in [0.1, 0.15) is 10.6 Å². The van der Waals surface area contributed by atoms with Gasteiger partial charge in [-0.1, -0.05) is 20.8 Å². The first-order valence-electron chi connectivity index (χ1n) is 10.4. The molecule has 0 radical (unpaired) electrons. The van der Waals surface area contributed by atoms with Gasteiger partial charge in [0, 0.05) is 37.8 Å². The van der Waals surface area contributed by atoms with Crippen molar-refractivity contribution in [2.24, 2.45) is 5.92 Å². The van der Waals surface area contributed by atoms with E-state index in [9.17, 15) is 13.2 Å². The zero-order valence-electron chi connectivity index (χ0n) is 18.3. The molecule has 0 spiro atoms. The molecule has 0 aromatic heterocycles. The number of ether oxygens (including phenoxy) is 1. The second-order valence-corrected chi connectivity index (χ2v) is 9.66. The lowest BCUT2D eigenvalue weighted by Gasteiger charge is -2.35. The average molecular weight is 426 g/mol. The Balaban J connectivity index is 2.15. The van der Waals surface area contributed by atoms with Crippen LogP contribution in [0, 0.1) is 5.92 Å².